The number of amides is 2. The van der Waals surface area contributed by atoms with Crippen molar-refractivity contribution in [1.29, 1.82) is 0 Å². The average molecular weight is 325 g/mol. The molecule has 1 aromatic carbocycles. The van der Waals surface area contributed by atoms with E-state index in [-0.39, 0.29) is 17.9 Å². The number of hydrogen-bond acceptors (Lipinski definition) is 4. The van der Waals surface area contributed by atoms with Crippen molar-refractivity contribution >= 4 is 17.9 Å². The summed E-state index contributed by atoms with van der Waals surface area (Å²) < 4.78 is 0. The molecule has 1 aliphatic heterocycles. The Morgan fingerprint density at radius 3 is 2.71 bits per heavy atom. The molecule has 1 aliphatic rings. The molecule has 1 aromatic heterocycles. The molecule has 124 valence electrons. The molecule has 1 saturated heterocycles. The number of nitrogens with one attached hydrogen (secondary N) is 1. The molecule has 7 heteroatoms. The monoisotopic (exact) mass is 325 g/mol. The Bertz CT molecular complexity index is 727. The van der Waals surface area contributed by atoms with Gasteiger partial charge in [0.05, 0.1) is 6.20 Å². The molecular formula is C17H19N5O2. The Balaban J connectivity index is 1.60. The van der Waals surface area contributed by atoms with E-state index in [0.29, 0.717) is 25.3 Å². The molecule has 0 saturated carbocycles. The summed E-state index contributed by atoms with van der Waals surface area (Å²) in [6.45, 7) is 3.42. The van der Waals surface area contributed by atoms with Crippen molar-refractivity contribution in [2.45, 2.75) is 13.0 Å². The highest BCUT2D eigenvalue weighted by molar-refractivity contribution is 5.93. The molecule has 0 aliphatic carbocycles. The zero-order chi connectivity index (χ0) is 16.9. The third kappa shape index (κ3) is 3.51. The quantitative estimate of drug-likeness (QED) is 0.860. The summed E-state index contributed by atoms with van der Waals surface area (Å²) in [4.78, 5) is 28.2. The fraction of sp³-hybridized carbons (Fsp3) is 0.294. The topological polar surface area (TPSA) is 82.2 Å². The van der Waals surface area contributed by atoms with Gasteiger partial charge in [0.15, 0.2) is 5.69 Å². The predicted octanol–water partition coefficient (Wildman–Crippen LogP) is 1.19. The summed E-state index contributed by atoms with van der Waals surface area (Å²) in [5, 5.41) is 9.93. The highest BCUT2D eigenvalue weighted by atomic mass is 16.2. The van der Waals surface area contributed by atoms with E-state index in [0.717, 1.165) is 5.56 Å². The minimum Gasteiger partial charge on any atom is -0.335 e. The second kappa shape index (κ2) is 7.08. The number of aromatic nitrogens is 3. The van der Waals surface area contributed by atoms with Crippen LogP contribution in [-0.2, 0) is 4.79 Å². The number of carbonyl (C=O) groups is 2. The van der Waals surface area contributed by atoms with Crippen LogP contribution < -0.4 is 0 Å². The lowest BCUT2D eigenvalue weighted by Crippen LogP contribution is -2.55. The van der Waals surface area contributed by atoms with E-state index in [1.165, 1.54) is 6.20 Å². The van der Waals surface area contributed by atoms with E-state index >= 15 is 0 Å². The van der Waals surface area contributed by atoms with E-state index in [4.69, 9.17) is 0 Å². The third-order valence-electron chi connectivity index (χ3n) is 4.05. The van der Waals surface area contributed by atoms with E-state index < -0.39 is 0 Å². The van der Waals surface area contributed by atoms with Crippen LogP contribution in [0.4, 0.5) is 0 Å². The molecule has 1 unspecified atom stereocenters. The van der Waals surface area contributed by atoms with Crippen molar-refractivity contribution in [2.24, 2.45) is 0 Å². The van der Waals surface area contributed by atoms with Gasteiger partial charge in [0.25, 0.3) is 5.91 Å². The van der Waals surface area contributed by atoms with E-state index in [9.17, 15) is 9.59 Å². The first-order valence-electron chi connectivity index (χ1n) is 7.84. The second-order valence-electron chi connectivity index (χ2n) is 5.73. The van der Waals surface area contributed by atoms with Gasteiger partial charge in [0.2, 0.25) is 5.91 Å². The Hall–Kier alpha value is -2.96. The SMILES string of the molecule is CC1CN(C(=O)/C=C/c2ccccc2)CCN1C(=O)c1cn[nH]n1. The molecule has 2 aromatic rings. The van der Waals surface area contributed by atoms with Crippen LogP contribution in [0.1, 0.15) is 23.0 Å². The number of nitrogens with zero attached hydrogens (tertiary/aromatic N) is 4. The summed E-state index contributed by atoms with van der Waals surface area (Å²) in [7, 11) is 0. The van der Waals surface area contributed by atoms with E-state index in [1.54, 1.807) is 22.0 Å². The Labute approximate surface area is 140 Å². The maximum atomic E-state index is 12.3. The molecule has 0 radical (unpaired) electrons. The minimum atomic E-state index is -0.164. The zero-order valence-electron chi connectivity index (χ0n) is 13.4. The van der Waals surface area contributed by atoms with E-state index in [1.807, 2.05) is 37.3 Å². The molecule has 24 heavy (non-hydrogen) atoms. The lowest BCUT2D eigenvalue weighted by Gasteiger charge is -2.39. The number of aromatic amines is 1. The largest absolute Gasteiger partial charge is 0.335 e. The number of hydrogen-bond donors (Lipinski definition) is 1. The van der Waals surface area contributed by atoms with Gasteiger partial charge in [-0.3, -0.25) is 9.59 Å². The van der Waals surface area contributed by atoms with Crippen molar-refractivity contribution < 1.29 is 9.59 Å². The Morgan fingerprint density at radius 2 is 2.04 bits per heavy atom. The number of benzene rings is 1. The van der Waals surface area contributed by atoms with Gasteiger partial charge in [-0.15, -0.1) is 0 Å². The molecule has 3 rings (SSSR count). The molecule has 1 fully saturated rings. The van der Waals surface area contributed by atoms with Gasteiger partial charge in [-0.25, -0.2) is 0 Å². The van der Waals surface area contributed by atoms with Crippen molar-refractivity contribution in [2.75, 3.05) is 19.6 Å². The third-order valence-corrected chi connectivity index (χ3v) is 4.05. The number of carbonyl (C=O) groups excluding carboxylic acids is 2. The lowest BCUT2D eigenvalue weighted by molar-refractivity contribution is -0.128. The van der Waals surface area contributed by atoms with Gasteiger partial charge in [0, 0.05) is 31.8 Å². The number of rotatable bonds is 3. The van der Waals surface area contributed by atoms with Gasteiger partial charge in [-0.1, -0.05) is 30.3 Å². The van der Waals surface area contributed by atoms with Gasteiger partial charge in [-0.2, -0.15) is 15.4 Å². The summed E-state index contributed by atoms with van der Waals surface area (Å²) in [6.07, 6.45) is 4.80. The van der Waals surface area contributed by atoms with Crippen LogP contribution in [0.15, 0.2) is 42.6 Å². The summed E-state index contributed by atoms with van der Waals surface area (Å²) in [5.41, 5.74) is 1.28. The number of piperazine rings is 1. The maximum absolute atomic E-state index is 12.3. The smallest absolute Gasteiger partial charge is 0.276 e. The number of H-pyrrole nitrogens is 1. The molecule has 1 N–H and O–H groups in total. The van der Waals surface area contributed by atoms with Crippen LogP contribution in [0.2, 0.25) is 0 Å². The van der Waals surface area contributed by atoms with Crippen LogP contribution in [0.25, 0.3) is 6.08 Å². The van der Waals surface area contributed by atoms with Crippen molar-refractivity contribution in [3.8, 4) is 0 Å². The van der Waals surface area contributed by atoms with Gasteiger partial charge in [0.1, 0.15) is 0 Å². The van der Waals surface area contributed by atoms with Crippen molar-refractivity contribution in [3.05, 3.63) is 53.9 Å². The summed E-state index contributed by atoms with van der Waals surface area (Å²) >= 11 is 0. The lowest BCUT2D eigenvalue weighted by atomic mass is 10.1. The van der Waals surface area contributed by atoms with Crippen LogP contribution >= 0.6 is 0 Å². The highest BCUT2D eigenvalue weighted by Crippen LogP contribution is 2.13. The molecule has 1 atom stereocenters. The first kappa shape index (κ1) is 15.9. The standard InChI is InChI=1S/C17H19N5O2/c1-13-12-21(16(23)8-7-14-5-3-2-4-6-14)9-10-22(13)17(24)15-11-18-20-19-15/h2-8,11,13H,9-10,12H2,1H3,(H,18,19,20)/b8-7+. The molecule has 0 spiro atoms. The van der Waals surface area contributed by atoms with Crippen molar-refractivity contribution in [1.82, 2.24) is 25.2 Å². The Morgan fingerprint density at radius 1 is 1.25 bits per heavy atom. The first-order valence-corrected chi connectivity index (χ1v) is 7.84. The van der Waals surface area contributed by atoms with Crippen LogP contribution in [0.3, 0.4) is 0 Å². The van der Waals surface area contributed by atoms with Crippen LogP contribution in [-0.4, -0.2) is 62.7 Å². The normalized spacial score (nSPS) is 18.1. The molecule has 2 amide bonds. The Kier molecular flexibility index (Phi) is 4.69. The molecule has 0 bridgehead atoms. The van der Waals surface area contributed by atoms with Crippen LogP contribution in [0.5, 0.6) is 0 Å². The average Bonchev–Trinajstić information content (AvgIpc) is 3.14. The summed E-state index contributed by atoms with van der Waals surface area (Å²) in [5.74, 6) is -0.206. The van der Waals surface area contributed by atoms with Gasteiger partial charge in [-0.05, 0) is 18.6 Å². The zero-order valence-corrected chi connectivity index (χ0v) is 13.4. The fourth-order valence-electron chi connectivity index (χ4n) is 2.75. The highest BCUT2D eigenvalue weighted by Gasteiger charge is 2.30. The second-order valence-corrected chi connectivity index (χ2v) is 5.73. The maximum Gasteiger partial charge on any atom is 0.276 e. The minimum absolute atomic E-state index is 0.0424. The molecule has 2 heterocycles. The summed E-state index contributed by atoms with van der Waals surface area (Å²) in [6, 6.07) is 9.62. The molecule has 7 nitrogen and oxygen atoms in total. The van der Waals surface area contributed by atoms with Crippen LogP contribution in [0, 0.1) is 0 Å². The van der Waals surface area contributed by atoms with E-state index in [2.05, 4.69) is 15.4 Å². The van der Waals surface area contributed by atoms with Gasteiger partial charge < -0.3 is 9.80 Å². The predicted molar refractivity (Wildman–Crippen MR) is 88.9 cm³/mol. The molecular weight excluding hydrogens is 306 g/mol. The first-order chi connectivity index (χ1) is 11.6. The van der Waals surface area contributed by atoms with Gasteiger partial charge >= 0.3 is 0 Å². The van der Waals surface area contributed by atoms with Crippen molar-refractivity contribution in [3.63, 3.8) is 0 Å². The fourth-order valence-corrected chi connectivity index (χ4v) is 2.75.